The van der Waals surface area contributed by atoms with E-state index in [2.05, 4.69) is 6.92 Å². The second-order valence-corrected chi connectivity index (χ2v) is 8.37. The lowest BCUT2D eigenvalue weighted by Crippen LogP contribution is -2.21. The van der Waals surface area contributed by atoms with Crippen LogP contribution in [0.25, 0.3) is 0 Å². The van der Waals surface area contributed by atoms with Gasteiger partial charge in [0, 0.05) is 11.6 Å². The molecule has 0 radical (unpaired) electrons. The molecule has 170 valence electrons. The number of rotatable bonds is 10. The Morgan fingerprint density at radius 2 is 1.58 bits per heavy atom. The van der Waals surface area contributed by atoms with Gasteiger partial charge in [-0.1, -0.05) is 38.0 Å². The fourth-order valence-electron chi connectivity index (χ4n) is 4.34. The lowest BCUT2D eigenvalue weighted by Gasteiger charge is -2.29. The van der Waals surface area contributed by atoms with Crippen molar-refractivity contribution >= 4 is 0 Å². The van der Waals surface area contributed by atoms with E-state index in [1.807, 2.05) is 19.1 Å². The van der Waals surface area contributed by atoms with Gasteiger partial charge in [0.2, 0.25) is 0 Å². The first-order valence-electron chi connectivity index (χ1n) is 11.5. The van der Waals surface area contributed by atoms with Gasteiger partial charge in [-0.25, -0.2) is 13.2 Å². The van der Waals surface area contributed by atoms with Crippen LogP contribution in [0.1, 0.15) is 81.4 Å². The van der Waals surface area contributed by atoms with Crippen molar-refractivity contribution in [2.75, 3.05) is 6.61 Å². The summed E-state index contributed by atoms with van der Waals surface area (Å²) in [6, 6.07) is 8.39. The third kappa shape index (κ3) is 6.25. The Bertz CT molecular complexity index is 845. The number of unbranched alkanes of at least 4 members (excludes halogenated alkanes) is 2. The van der Waals surface area contributed by atoms with Crippen LogP contribution in [0.2, 0.25) is 0 Å². The topological polar surface area (TPSA) is 18.5 Å². The number of benzene rings is 2. The number of aryl methyl sites for hydroxylation is 1. The van der Waals surface area contributed by atoms with Gasteiger partial charge in [0.05, 0.1) is 19.3 Å². The zero-order chi connectivity index (χ0) is 22.2. The van der Waals surface area contributed by atoms with Crippen LogP contribution in [0, 0.1) is 17.5 Å². The number of hydrogen-bond acceptors (Lipinski definition) is 2. The van der Waals surface area contributed by atoms with Gasteiger partial charge >= 0.3 is 0 Å². The van der Waals surface area contributed by atoms with Crippen molar-refractivity contribution in [3.05, 3.63) is 64.5 Å². The molecule has 1 fully saturated rings. The van der Waals surface area contributed by atoms with E-state index in [0.717, 1.165) is 44.9 Å². The molecule has 2 nitrogen and oxygen atoms in total. The maximum Gasteiger partial charge on any atom is 0.164 e. The van der Waals surface area contributed by atoms with Gasteiger partial charge in [-0.2, -0.15) is 0 Å². The SMILES string of the molecule is CCCCCc1ccc(COC2CCC(c3ccc(OCC)cc3F)CC2)c(F)c1F. The lowest BCUT2D eigenvalue weighted by atomic mass is 9.82. The van der Waals surface area contributed by atoms with E-state index in [9.17, 15) is 13.2 Å². The van der Waals surface area contributed by atoms with E-state index in [-0.39, 0.29) is 30.0 Å². The highest BCUT2D eigenvalue weighted by Crippen LogP contribution is 2.36. The fraction of sp³-hybridized carbons (Fsp3) is 0.538. The minimum atomic E-state index is -0.792. The van der Waals surface area contributed by atoms with Gasteiger partial charge in [0.15, 0.2) is 11.6 Å². The van der Waals surface area contributed by atoms with Crippen molar-refractivity contribution in [2.45, 2.75) is 83.8 Å². The smallest absolute Gasteiger partial charge is 0.164 e. The molecule has 1 aliphatic rings. The molecule has 0 aromatic heterocycles. The van der Waals surface area contributed by atoms with Crippen LogP contribution >= 0.6 is 0 Å². The number of halogens is 3. The average molecular weight is 435 g/mol. The summed E-state index contributed by atoms with van der Waals surface area (Å²) < 4.78 is 54.5. The highest BCUT2D eigenvalue weighted by atomic mass is 19.2. The molecular formula is C26H33F3O2. The molecule has 0 N–H and O–H groups in total. The van der Waals surface area contributed by atoms with Crippen molar-refractivity contribution in [2.24, 2.45) is 0 Å². The van der Waals surface area contributed by atoms with Crippen LogP contribution in [0.15, 0.2) is 30.3 Å². The van der Waals surface area contributed by atoms with E-state index in [1.165, 1.54) is 6.07 Å². The predicted molar refractivity (Wildman–Crippen MR) is 117 cm³/mol. The number of hydrogen-bond donors (Lipinski definition) is 0. The highest BCUT2D eigenvalue weighted by molar-refractivity contribution is 5.31. The summed E-state index contributed by atoms with van der Waals surface area (Å²) in [5.41, 5.74) is 1.41. The minimum Gasteiger partial charge on any atom is -0.494 e. The van der Waals surface area contributed by atoms with Crippen LogP contribution in [-0.2, 0) is 17.8 Å². The molecule has 31 heavy (non-hydrogen) atoms. The Balaban J connectivity index is 1.51. The van der Waals surface area contributed by atoms with Crippen LogP contribution in [0.4, 0.5) is 13.2 Å². The summed E-state index contributed by atoms with van der Waals surface area (Å²) in [5, 5.41) is 0. The van der Waals surface area contributed by atoms with Crippen LogP contribution in [-0.4, -0.2) is 12.7 Å². The molecule has 3 rings (SSSR count). The van der Waals surface area contributed by atoms with Crippen LogP contribution in [0.3, 0.4) is 0 Å². The van der Waals surface area contributed by atoms with Gasteiger partial charge in [-0.15, -0.1) is 0 Å². The quantitative estimate of drug-likeness (QED) is 0.361. The second kappa shape index (κ2) is 11.6. The first-order valence-corrected chi connectivity index (χ1v) is 11.5. The normalized spacial score (nSPS) is 18.9. The lowest BCUT2D eigenvalue weighted by molar-refractivity contribution is 0.0116. The average Bonchev–Trinajstić information content (AvgIpc) is 2.77. The van der Waals surface area contributed by atoms with Gasteiger partial charge in [0.1, 0.15) is 11.6 Å². The summed E-state index contributed by atoms with van der Waals surface area (Å²) in [6.45, 7) is 4.52. The maximum absolute atomic E-state index is 14.4. The summed E-state index contributed by atoms with van der Waals surface area (Å²) in [5.74, 6) is -1.07. The zero-order valence-corrected chi connectivity index (χ0v) is 18.6. The first-order chi connectivity index (χ1) is 15.0. The maximum atomic E-state index is 14.4. The highest BCUT2D eigenvalue weighted by Gasteiger charge is 2.25. The molecule has 0 heterocycles. The van der Waals surface area contributed by atoms with Crippen molar-refractivity contribution in [3.63, 3.8) is 0 Å². The summed E-state index contributed by atoms with van der Waals surface area (Å²) >= 11 is 0. The summed E-state index contributed by atoms with van der Waals surface area (Å²) in [7, 11) is 0. The Labute approximate surface area is 183 Å². The first kappa shape index (κ1) is 23.6. The van der Waals surface area contributed by atoms with Crippen LogP contribution in [0.5, 0.6) is 5.75 Å². The largest absolute Gasteiger partial charge is 0.494 e. The Morgan fingerprint density at radius 3 is 2.26 bits per heavy atom. The zero-order valence-electron chi connectivity index (χ0n) is 18.6. The van der Waals surface area contributed by atoms with E-state index >= 15 is 0 Å². The van der Waals surface area contributed by atoms with Crippen molar-refractivity contribution < 1.29 is 22.6 Å². The van der Waals surface area contributed by atoms with Crippen molar-refractivity contribution in [3.8, 4) is 5.75 Å². The second-order valence-electron chi connectivity index (χ2n) is 8.37. The Kier molecular flexibility index (Phi) is 8.82. The molecule has 0 unspecified atom stereocenters. The molecule has 0 bridgehead atoms. The van der Waals surface area contributed by atoms with Gasteiger partial charge in [-0.05, 0) is 68.6 Å². The third-order valence-electron chi connectivity index (χ3n) is 6.16. The summed E-state index contributed by atoms with van der Waals surface area (Å²) in [6.07, 6.45) is 6.62. The van der Waals surface area contributed by atoms with Crippen molar-refractivity contribution in [1.82, 2.24) is 0 Å². The van der Waals surface area contributed by atoms with Crippen molar-refractivity contribution in [1.29, 1.82) is 0 Å². The molecule has 0 aliphatic heterocycles. The minimum absolute atomic E-state index is 0.0197. The van der Waals surface area contributed by atoms with Gasteiger partial charge in [0.25, 0.3) is 0 Å². The van der Waals surface area contributed by atoms with Gasteiger partial charge in [-0.3, -0.25) is 0 Å². The fourth-order valence-corrected chi connectivity index (χ4v) is 4.34. The molecule has 0 saturated heterocycles. The number of ether oxygens (including phenoxy) is 2. The molecule has 5 heteroatoms. The van der Waals surface area contributed by atoms with Gasteiger partial charge < -0.3 is 9.47 Å². The van der Waals surface area contributed by atoms with E-state index in [0.29, 0.717) is 29.9 Å². The Hall–Kier alpha value is -2.01. The predicted octanol–water partition coefficient (Wildman–Crippen LogP) is 7.48. The van der Waals surface area contributed by atoms with E-state index < -0.39 is 11.6 Å². The molecule has 0 atom stereocenters. The van der Waals surface area contributed by atoms with Crippen LogP contribution < -0.4 is 4.74 Å². The monoisotopic (exact) mass is 434 g/mol. The van der Waals surface area contributed by atoms with E-state index in [1.54, 1.807) is 12.1 Å². The molecule has 1 aliphatic carbocycles. The molecule has 0 amide bonds. The standard InChI is InChI=1S/C26H33F3O2/c1-3-5-6-7-19-8-9-20(26(29)25(19)28)17-31-21-12-10-18(11-13-21)23-15-14-22(30-4-2)16-24(23)27/h8-9,14-16,18,21H,3-7,10-13,17H2,1-2H3. The third-order valence-corrected chi connectivity index (χ3v) is 6.16. The molecule has 0 spiro atoms. The molecular weight excluding hydrogens is 401 g/mol. The summed E-state index contributed by atoms with van der Waals surface area (Å²) in [4.78, 5) is 0. The molecule has 2 aromatic rings. The Morgan fingerprint density at radius 1 is 0.871 bits per heavy atom. The van der Waals surface area contributed by atoms with E-state index in [4.69, 9.17) is 9.47 Å². The molecule has 1 saturated carbocycles. The molecule has 2 aromatic carbocycles.